The number of carbonyl (C=O) groups is 1. The third-order valence-electron chi connectivity index (χ3n) is 4.38. The zero-order valence-corrected chi connectivity index (χ0v) is 18.4. The highest BCUT2D eigenvalue weighted by Crippen LogP contribution is 2.17. The maximum Gasteiger partial charge on any atom is 0.291 e. The standard InChI is InChI=1S/C23H28N4O2S/c1-4-24-23(26-16(2)13-20-11-10-17(3)30-20)25-15-18-7-5-8-19(14-18)27-22(28)21-9-6-12-29-21/h5-12,14,16H,4,13,15H2,1-3H3,(H,27,28)(H2,24,25,26). The zero-order chi connectivity index (χ0) is 21.3. The Labute approximate surface area is 181 Å². The summed E-state index contributed by atoms with van der Waals surface area (Å²) in [6.45, 7) is 7.63. The molecule has 0 aliphatic heterocycles. The monoisotopic (exact) mass is 424 g/mol. The number of rotatable bonds is 8. The van der Waals surface area contributed by atoms with E-state index in [1.807, 2.05) is 35.6 Å². The van der Waals surface area contributed by atoms with E-state index < -0.39 is 0 Å². The zero-order valence-electron chi connectivity index (χ0n) is 17.6. The molecule has 0 aliphatic rings. The Kier molecular flexibility index (Phi) is 7.68. The number of guanidine groups is 1. The number of aliphatic imine (C=N–C) groups is 1. The molecule has 1 aromatic carbocycles. The topological polar surface area (TPSA) is 78.7 Å². The van der Waals surface area contributed by atoms with Crippen LogP contribution in [0.15, 0.2) is 64.2 Å². The van der Waals surface area contributed by atoms with Gasteiger partial charge in [-0.2, -0.15) is 0 Å². The van der Waals surface area contributed by atoms with Gasteiger partial charge in [0.15, 0.2) is 11.7 Å². The second kappa shape index (κ2) is 10.6. The molecule has 0 fully saturated rings. The summed E-state index contributed by atoms with van der Waals surface area (Å²) in [4.78, 5) is 19.6. The predicted molar refractivity (Wildman–Crippen MR) is 123 cm³/mol. The molecule has 0 aliphatic carbocycles. The van der Waals surface area contributed by atoms with Crippen LogP contribution in [0.3, 0.4) is 0 Å². The minimum atomic E-state index is -0.270. The quantitative estimate of drug-likeness (QED) is 0.365. The van der Waals surface area contributed by atoms with Crippen LogP contribution in [-0.4, -0.2) is 24.5 Å². The van der Waals surface area contributed by atoms with Crippen LogP contribution < -0.4 is 16.0 Å². The van der Waals surface area contributed by atoms with Crippen LogP contribution in [0, 0.1) is 6.92 Å². The van der Waals surface area contributed by atoms with Gasteiger partial charge >= 0.3 is 0 Å². The molecule has 6 nitrogen and oxygen atoms in total. The molecule has 0 saturated heterocycles. The van der Waals surface area contributed by atoms with E-state index >= 15 is 0 Å². The average Bonchev–Trinajstić information content (AvgIpc) is 3.39. The lowest BCUT2D eigenvalue weighted by molar-refractivity contribution is 0.0996. The third kappa shape index (κ3) is 6.49. The van der Waals surface area contributed by atoms with Crippen LogP contribution >= 0.6 is 11.3 Å². The highest BCUT2D eigenvalue weighted by Gasteiger charge is 2.10. The molecule has 1 amide bonds. The Bertz CT molecular complexity index is 979. The van der Waals surface area contributed by atoms with Crippen molar-refractivity contribution in [3.63, 3.8) is 0 Å². The lowest BCUT2D eigenvalue weighted by Gasteiger charge is -2.17. The smallest absolute Gasteiger partial charge is 0.291 e. The van der Waals surface area contributed by atoms with Gasteiger partial charge in [0.2, 0.25) is 0 Å². The van der Waals surface area contributed by atoms with Crippen LogP contribution in [0.4, 0.5) is 5.69 Å². The normalized spacial score (nSPS) is 12.4. The van der Waals surface area contributed by atoms with E-state index in [1.165, 1.54) is 16.0 Å². The SMILES string of the molecule is CCNC(=NCc1cccc(NC(=O)c2ccco2)c1)NC(C)Cc1ccc(C)s1. The van der Waals surface area contributed by atoms with Crippen molar-refractivity contribution in [2.24, 2.45) is 4.99 Å². The number of nitrogens with one attached hydrogen (secondary N) is 3. The highest BCUT2D eigenvalue weighted by molar-refractivity contribution is 7.11. The van der Waals surface area contributed by atoms with Gasteiger partial charge in [0.25, 0.3) is 5.91 Å². The molecular formula is C23H28N4O2S. The molecule has 3 aromatic rings. The van der Waals surface area contributed by atoms with Gasteiger partial charge in [-0.25, -0.2) is 4.99 Å². The van der Waals surface area contributed by atoms with Crippen LogP contribution in [0.5, 0.6) is 0 Å². The lowest BCUT2D eigenvalue weighted by Crippen LogP contribution is -2.43. The Balaban J connectivity index is 1.60. The molecule has 3 rings (SSSR count). The van der Waals surface area contributed by atoms with E-state index in [-0.39, 0.29) is 17.7 Å². The summed E-state index contributed by atoms with van der Waals surface area (Å²) >= 11 is 1.83. The van der Waals surface area contributed by atoms with Crippen LogP contribution in [0.25, 0.3) is 0 Å². The molecule has 30 heavy (non-hydrogen) atoms. The van der Waals surface area contributed by atoms with Gasteiger partial charge in [0.1, 0.15) is 0 Å². The van der Waals surface area contributed by atoms with Crippen molar-refractivity contribution in [1.82, 2.24) is 10.6 Å². The highest BCUT2D eigenvalue weighted by atomic mass is 32.1. The van der Waals surface area contributed by atoms with Gasteiger partial charge < -0.3 is 20.4 Å². The Hall–Kier alpha value is -3.06. The predicted octanol–water partition coefficient (Wildman–Crippen LogP) is 4.59. The number of benzene rings is 1. The van der Waals surface area contributed by atoms with Crippen molar-refractivity contribution in [3.05, 3.63) is 75.9 Å². The summed E-state index contributed by atoms with van der Waals surface area (Å²) in [5.41, 5.74) is 1.72. The first kappa shape index (κ1) is 21.6. The van der Waals surface area contributed by atoms with Crippen molar-refractivity contribution in [1.29, 1.82) is 0 Å². The van der Waals surface area contributed by atoms with Gasteiger partial charge in [-0.1, -0.05) is 12.1 Å². The fourth-order valence-electron chi connectivity index (χ4n) is 3.02. The number of carbonyl (C=O) groups excluding carboxylic acids is 1. The minimum absolute atomic E-state index is 0.264. The number of anilines is 1. The number of hydrogen-bond acceptors (Lipinski definition) is 4. The van der Waals surface area contributed by atoms with Crippen LogP contribution in [0.1, 0.15) is 39.7 Å². The Morgan fingerprint density at radius 2 is 2.07 bits per heavy atom. The molecule has 1 atom stereocenters. The minimum Gasteiger partial charge on any atom is -0.459 e. The molecule has 0 radical (unpaired) electrons. The first-order valence-electron chi connectivity index (χ1n) is 10.1. The van der Waals surface area contributed by atoms with Gasteiger partial charge in [-0.05, 0) is 62.7 Å². The van der Waals surface area contributed by atoms with Crippen LogP contribution in [-0.2, 0) is 13.0 Å². The second-order valence-corrected chi connectivity index (χ2v) is 8.46. The van der Waals surface area contributed by atoms with E-state index in [9.17, 15) is 4.79 Å². The summed E-state index contributed by atoms with van der Waals surface area (Å²) in [5.74, 6) is 0.795. The molecule has 0 saturated carbocycles. The molecule has 0 bridgehead atoms. The third-order valence-corrected chi connectivity index (χ3v) is 5.40. The van der Waals surface area contributed by atoms with E-state index in [4.69, 9.17) is 9.41 Å². The molecule has 0 spiro atoms. The maximum absolute atomic E-state index is 12.2. The van der Waals surface area contributed by atoms with E-state index in [1.54, 1.807) is 12.1 Å². The van der Waals surface area contributed by atoms with Gasteiger partial charge in [0, 0.05) is 34.4 Å². The van der Waals surface area contributed by atoms with Crippen molar-refractivity contribution in [3.8, 4) is 0 Å². The van der Waals surface area contributed by atoms with Crippen molar-refractivity contribution in [2.45, 2.75) is 39.8 Å². The number of amides is 1. The largest absolute Gasteiger partial charge is 0.459 e. The number of thiophene rings is 1. The molecule has 2 heterocycles. The van der Waals surface area contributed by atoms with E-state index in [2.05, 4.69) is 48.9 Å². The summed E-state index contributed by atoms with van der Waals surface area (Å²) in [6, 6.07) is 15.6. The van der Waals surface area contributed by atoms with Crippen LogP contribution in [0.2, 0.25) is 0 Å². The maximum atomic E-state index is 12.2. The van der Waals surface area contributed by atoms with Gasteiger partial charge in [0.05, 0.1) is 12.8 Å². The molecule has 7 heteroatoms. The summed E-state index contributed by atoms with van der Waals surface area (Å²) < 4.78 is 5.13. The first-order valence-corrected chi connectivity index (χ1v) is 10.9. The second-order valence-electron chi connectivity index (χ2n) is 7.09. The summed E-state index contributed by atoms with van der Waals surface area (Å²) in [6.07, 6.45) is 2.44. The fourth-order valence-corrected chi connectivity index (χ4v) is 4.04. The number of nitrogens with zero attached hydrogens (tertiary/aromatic N) is 1. The first-order chi connectivity index (χ1) is 14.5. The van der Waals surface area contributed by atoms with Crippen molar-refractivity contribution in [2.75, 3.05) is 11.9 Å². The molecule has 1 unspecified atom stereocenters. The van der Waals surface area contributed by atoms with Gasteiger partial charge in [-0.15, -0.1) is 11.3 Å². The number of aryl methyl sites for hydroxylation is 1. The number of hydrogen-bond donors (Lipinski definition) is 3. The molecule has 3 N–H and O–H groups in total. The van der Waals surface area contributed by atoms with Gasteiger partial charge in [-0.3, -0.25) is 4.79 Å². The van der Waals surface area contributed by atoms with Crippen molar-refractivity contribution < 1.29 is 9.21 Å². The Morgan fingerprint density at radius 3 is 2.77 bits per heavy atom. The number of furan rings is 1. The fraction of sp³-hybridized carbons (Fsp3) is 0.304. The molecular weight excluding hydrogens is 396 g/mol. The summed E-state index contributed by atoms with van der Waals surface area (Å²) in [7, 11) is 0. The van der Waals surface area contributed by atoms with E-state index in [0.717, 1.165) is 24.5 Å². The average molecular weight is 425 g/mol. The Morgan fingerprint density at radius 1 is 1.20 bits per heavy atom. The van der Waals surface area contributed by atoms with Crippen molar-refractivity contribution >= 4 is 28.9 Å². The molecule has 158 valence electrons. The summed E-state index contributed by atoms with van der Waals surface area (Å²) in [5, 5.41) is 9.62. The lowest BCUT2D eigenvalue weighted by atomic mass is 10.2. The molecule has 2 aromatic heterocycles. The van der Waals surface area contributed by atoms with E-state index in [0.29, 0.717) is 12.2 Å².